The quantitative estimate of drug-likeness (QED) is 0.147. The van der Waals surface area contributed by atoms with Crippen molar-refractivity contribution in [2.45, 2.75) is 19.5 Å². The van der Waals surface area contributed by atoms with Crippen LogP contribution in [0.15, 0.2) is 72.9 Å². The summed E-state index contributed by atoms with van der Waals surface area (Å²) < 4.78 is 16.5. The number of nitrogens with zero attached hydrogens (tertiary/aromatic N) is 6. The maximum atomic E-state index is 14.6. The van der Waals surface area contributed by atoms with Gasteiger partial charge in [0.1, 0.15) is 27.4 Å². The molecule has 3 heterocycles. The number of methoxy groups -OCH3 is 2. The molecule has 12 nitrogen and oxygen atoms in total. The normalized spacial score (nSPS) is 14.6. The molecule has 52 heavy (non-hydrogen) atoms. The van der Waals surface area contributed by atoms with Crippen molar-refractivity contribution in [1.29, 1.82) is 0 Å². The smallest absolute Gasteiger partial charge is 0.330 e. The van der Waals surface area contributed by atoms with Crippen LogP contribution in [0.25, 0.3) is 0 Å². The molecule has 2 aliphatic heterocycles. The summed E-state index contributed by atoms with van der Waals surface area (Å²) in [6.07, 6.45) is 5.36. The third-order valence-electron chi connectivity index (χ3n) is 8.69. The van der Waals surface area contributed by atoms with Crippen LogP contribution in [0.5, 0.6) is 11.5 Å². The summed E-state index contributed by atoms with van der Waals surface area (Å²) in [5, 5.41) is 3.61. The van der Waals surface area contributed by atoms with E-state index in [0.29, 0.717) is 48.6 Å². The van der Waals surface area contributed by atoms with Crippen LogP contribution < -0.4 is 29.5 Å². The second kappa shape index (κ2) is 16.6. The van der Waals surface area contributed by atoms with Crippen molar-refractivity contribution >= 4 is 63.8 Å². The minimum Gasteiger partial charge on any atom is -0.495 e. The third kappa shape index (κ3) is 8.42. The maximum absolute atomic E-state index is 14.6. The number of amides is 2. The topological polar surface area (TPSA) is 113 Å². The standard InChI is InChI=1S/C38H41Cl2N7O5/c1-44(2)14-6-9-30(48)20-25-7-5-8-26(19-25)23-47-36-27(24-46(38(47)49)35-33(39)31(50-3)21-32(51-4)34(35)40)22-41-37(43-36)42-28-10-12-29(13-11-28)45-15-17-52-18-16-45/h5-13,19,21-22H,14-18,20,23-24H2,1-4H3,(H,41,42,43)/b9-6+. The number of hydrogen-bond donors (Lipinski definition) is 1. The van der Waals surface area contributed by atoms with Gasteiger partial charge < -0.3 is 29.3 Å². The summed E-state index contributed by atoms with van der Waals surface area (Å²) in [6.45, 7) is 3.99. The minimum atomic E-state index is -0.417. The first-order valence-corrected chi connectivity index (χ1v) is 17.6. The first-order chi connectivity index (χ1) is 25.1. The number of allylic oxidation sites excluding steroid dienone is 1. The zero-order valence-corrected chi connectivity index (χ0v) is 31.1. The third-order valence-corrected chi connectivity index (χ3v) is 9.42. The predicted octanol–water partition coefficient (Wildman–Crippen LogP) is 6.76. The lowest BCUT2D eigenvalue weighted by molar-refractivity contribution is -0.114. The molecule has 272 valence electrons. The van der Waals surface area contributed by atoms with E-state index in [0.717, 1.165) is 35.6 Å². The largest absolute Gasteiger partial charge is 0.495 e. The van der Waals surface area contributed by atoms with Crippen molar-refractivity contribution in [3.63, 3.8) is 0 Å². The van der Waals surface area contributed by atoms with Gasteiger partial charge in [-0.3, -0.25) is 14.6 Å². The van der Waals surface area contributed by atoms with Gasteiger partial charge in [0.2, 0.25) is 5.95 Å². The molecule has 1 N–H and O–H groups in total. The molecule has 1 saturated heterocycles. The van der Waals surface area contributed by atoms with Gasteiger partial charge in [-0.1, -0.05) is 53.5 Å². The summed E-state index contributed by atoms with van der Waals surface area (Å²) in [5.41, 5.74) is 4.44. The van der Waals surface area contributed by atoms with Gasteiger partial charge in [-0.2, -0.15) is 4.98 Å². The van der Waals surface area contributed by atoms with Crippen LogP contribution in [0.3, 0.4) is 0 Å². The molecule has 6 rings (SSSR count). The number of anilines is 5. The highest BCUT2D eigenvalue weighted by Crippen LogP contribution is 2.48. The molecule has 0 saturated carbocycles. The number of likely N-dealkylation sites (N-methyl/N-ethyl adjacent to an activating group) is 1. The highest BCUT2D eigenvalue weighted by molar-refractivity contribution is 6.42. The molecule has 0 aliphatic carbocycles. The lowest BCUT2D eigenvalue weighted by Crippen LogP contribution is -2.48. The molecule has 3 aromatic carbocycles. The predicted molar refractivity (Wildman–Crippen MR) is 205 cm³/mol. The van der Waals surface area contributed by atoms with E-state index in [2.05, 4.69) is 15.2 Å². The van der Waals surface area contributed by atoms with Gasteiger partial charge in [-0.05, 0) is 55.6 Å². The fourth-order valence-electron chi connectivity index (χ4n) is 6.09. The van der Waals surface area contributed by atoms with Gasteiger partial charge in [-0.15, -0.1) is 0 Å². The van der Waals surface area contributed by atoms with Crippen molar-refractivity contribution in [1.82, 2.24) is 14.9 Å². The zero-order chi connectivity index (χ0) is 36.8. The number of urea groups is 1. The molecule has 0 radical (unpaired) electrons. The highest BCUT2D eigenvalue weighted by Gasteiger charge is 2.37. The van der Waals surface area contributed by atoms with Crippen LogP contribution in [0, 0.1) is 0 Å². The minimum absolute atomic E-state index is 0.0118. The molecule has 0 unspecified atom stereocenters. The Bertz CT molecular complexity index is 1920. The van der Waals surface area contributed by atoms with Gasteiger partial charge in [0.25, 0.3) is 0 Å². The van der Waals surface area contributed by atoms with Crippen LogP contribution in [-0.4, -0.2) is 87.8 Å². The van der Waals surface area contributed by atoms with Gasteiger partial charge >= 0.3 is 6.03 Å². The number of hydrogen-bond acceptors (Lipinski definition) is 10. The monoisotopic (exact) mass is 745 g/mol. The van der Waals surface area contributed by atoms with E-state index in [1.807, 2.05) is 73.6 Å². The Hall–Kier alpha value is -4.88. The van der Waals surface area contributed by atoms with Crippen LogP contribution >= 0.6 is 23.2 Å². The highest BCUT2D eigenvalue weighted by atomic mass is 35.5. The molecule has 0 atom stereocenters. The Morgan fingerprint density at radius 2 is 1.69 bits per heavy atom. The molecule has 14 heteroatoms. The summed E-state index contributed by atoms with van der Waals surface area (Å²) in [4.78, 5) is 44.1. The van der Waals surface area contributed by atoms with E-state index < -0.39 is 6.03 Å². The fraction of sp³-hybridized carbons (Fsp3) is 0.316. The SMILES string of the molecule is COc1cc(OC)c(Cl)c(N2Cc3cnc(Nc4ccc(N5CCOCC5)cc4)nc3N(Cc3cccc(CC(=O)/C=C/CN(C)C)c3)C2=O)c1Cl. The number of carbonyl (C=O) groups excluding carboxylic acids is 2. The zero-order valence-electron chi connectivity index (χ0n) is 29.6. The first-order valence-electron chi connectivity index (χ1n) is 16.8. The van der Waals surface area contributed by atoms with Crippen LogP contribution in [0.1, 0.15) is 16.7 Å². The van der Waals surface area contributed by atoms with Crippen molar-refractivity contribution in [3.8, 4) is 11.5 Å². The molecule has 0 bridgehead atoms. The van der Waals surface area contributed by atoms with Crippen molar-refractivity contribution in [2.24, 2.45) is 0 Å². The van der Waals surface area contributed by atoms with Crippen molar-refractivity contribution in [2.75, 3.05) is 81.2 Å². The van der Waals surface area contributed by atoms with Crippen molar-refractivity contribution < 1.29 is 23.8 Å². The van der Waals surface area contributed by atoms with Gasteiger partial charge in [-0.25, -0.2) is 9.78 Å². The van der Waals surface area contributed by atoms with E-state index in [-0.39, 0.29) is 41.0 Å². The Morgan fingerprint density at radius 3 is 2.37 bits per heavy atom. The lowest BCUT2D eigenvalue weighted by atomic mass is 10.0. The summed E-state index contributed by atoms with van der Waals surface area (Å²) in [6, 6.07) is 16.8. The van der Waals surface area contributed by atoms with Crippen LogP contribution in [-0.2, 0) is 29.0 Å². The molecular formula is C38H41Cl2N7O5. The van der Waals surface area contributed by atoms with E-state index >= 15 is 0 Å². The summed E-state index contributed by atoms with van der Waals surface area (Å²) in [5.74, 6) is 1.35. The number of rotatable bonds is 13. The Balaban J connectivity index is 1.33. The average molecular weight is 747 g/mol. The number of ether oxygens (including phenoxy) is 3. The van der Waals surface area contributed by atoms with Gasteiger partial charge in [0, 0.05) is 55.3 Å². The van der Waals surface area contributed by atoms with E-state index in [4.69, 9.17) is 42.4 Å². The van der Waals surface area contributed by atoms with E-state index in [9.17, 15) is 9.59 Å². The molecule has 1 aromatic heterocycles. The summed E-state index contributed by atoms with van der Waals surface area (Å²) >= 11 is 13.6. The second-order valence-electron chi connectivity index (χ2n) is 12.7. The van der Waals surface area contributed by atoms with Crippen LogP contribution in [0.4, 0.5) is 33.6 Å². The number of ketones is 1. The number of halogens is 2. The molecule has 2 aliphatic rings. The molecule has 2 amide bonds. The summed E-state index contributed by atoms with van der Waals surface area (Å²) in [7, 11) is 6.85. The van der Waals surface area contributed by atoms with Crippen molar-refractivity contribution in [3.05, 3.63) is 99.7 Å². The lowest BCUT2D eigenvalue weighted by Gasteiger charge is -2.37. The van der Waals surface area contributed by atoms with Gasteiger partial charge in [0.05, 0.1) is 46.2 Å². The molecule has 4 aromatic rings. The number of morpholine rings is 1. The number of aromatic nitrogens is 2. The Morgan fingerprint density at radius 1 is 1.00 bits per heavy atom. The number of fused-ring (bicyclic) bond motifs is 1. The fourth-order valence-corrected chi connectivity index (χ4v) is 6.79. The maximum Gasteiger partial charge on any atom is 0.330 e. The van der Waals surface area contributed by atoms with Gasteiger partial charge in [0.15, 0.2) is 5.78 Å². The first kappa shape index (κ1) is 36.9. The Kier molecular flexibility index (Phi) is 11.8. The van der Waals surface area contributed by atoms with E-state index in [1.54, 1.807) is 23.2 Å². The number of carbonyl (C=O) groups is 2. The number of benzene rings is 3. The molecular weight excluding hydrogens is 705 g/mol. The average Bonchev–Trinajstić information content (AvgIpc) is 3.14. The molecule has 0 spiro atoms. The molecule has 1 fully saturated rings. The Labute approximate surface area is 313 Å². The van der Waals surface area contributed by atoms with Crippen LogP contribution in [0.2, 0.25) is 10.0 Å². The van der Waals surface area contributed by atoms with E-state index in [1.165, 1.54) is 19.1 Å². The second-order valence-corrected chi connectivity index (χ2v) is 13.4. The number of nitrogens with one attached hydrogen (secondary N) is 1.